The van der Waals surface area contributed by atoms with Crippen molar-refractivity contribution < 1.29 is 14.3 Å². The SMILES string of the molecule is CCC[C@H](N)C(=O)N(CCC)CC(=O)OC. The molecule has 0 saturated carbocycles. The van der Waals surface area contributed by atoms with E-state index in [1.54, 1.807) is 0 Å². The summed E-state index contributed by atoms with van der Waals surface area (Å²) in [6, 6.07) is -0.513. The van der Waals surface area contributed by atoms with Crippen molar-refractivity contribution in [3.05, 3.63) is 0 Å². The first-order chi connectivity index (χ1) is 7.56. The van der Waals surface area contributed by atoms with E-state index in [-0.39, 0.29) is 12.5 Å². The van der Waals surface area contributed by atoms with Crippen LogP contribution in [0.2, 0.25) is 0 Å². The van der Waals surface area contributed by atoms with Crippen LogP contribution in [-0.4, -0.2) is 43.0 Å². The summed E-state index contributed by atoms with van der Waals surface area (Å²) in [5, 5.41) is 0. The maximum atomic E-state index is 11.9. The average Bonchev–Trinajstić information content (AvgIpc) is 2.27. The second-order valence-electron chi connectivity index (χ2n) is 3.73. The van der Waals surface area contributed by atoms with Crippen molar-refractivity contribution in [3.63, 3.8) is 0 Å². The van der Waals surface area contributed by atoms with E-state index in [0.717, 1.165) is 12.8 Å². The van der Waals surface area contributed by atoms with Gasteiger partial charge in [0.15, 0.2) is 0 Å². The van der Waals surface area contributed by atoms with Gasteiger partial charge >= 0.3 is 5.97 Å². The van der Waals surface area contributed by atoms with Gasteiger partial charge in [-0.05, 0) is 12.8 Å². The van der Waals surface area contributed by atoms with Gasteiger partial charge in [0.05, 0.1) is 13.2 Å². The van der Waals surface area contributed by atoms with Gasteiger partial charge in [-0.1, -0.05) is 20.3 Å². The summed E-state index contributed by atoms with van der Waals surface area (Å²) in [6.07, 6.45) is 2.28. The molecule has 0 radical (unpaired) electrons. The van der Waals surface area contributed by atoms with E-state index in [1.807, 2.05) is 13.8 Å². The third kappa shape index (κ3) is 5.11. The van der Waals surface area contributed by atoms with Crippen LogP contribution in [0.5, 0.6) is 0 Å². The Morgan fingerprint density at radius 2 is 1.94 bits per heavy atom. The lowest BCUT2D eigenvalue weighted by molar-refractivity contribution is -0.147. The molecule has 0 aliphatic rings. The molecule has 0 aliphatic carbocycles. The summed E-state index contributed by atoms with van der Waals surface area (Å²) in [4.78, 5) is 24.5. The van der Waals surface area contributed by atoms with Crippen LogP contribution in [0.4, 0.5) is 0 Å². The number of esters is 1. The first-order valence-electron chi connectivity index (χ1n) is 5.67. The van der Waals surface area contributed by atoms with Gasteiger partial charge in [0, 0.05) is 6.54 Å². The molecule has 1 atom stereocenters. The highest BCUT2D eigenvalue weighted by Gasteiger charge is 2.21. The number of hydrogen-bond acceptors (Lipinski definition) is 4. The standard InChI is InChI=1S/C11H22N2O3/c1-4-6-9(12)11(15)13(7-5-2)8-10(14)16-3/h9H,4-8,12H2,1-3H3/t9-/m0/s1. The first-order valence-corrected chi connectivity index (χ1v) is 5.67. The molecule has 5 heteroatoms. The van der Waals surface area contributed by atoms with Crippen LogP contribution in [-0.2, 0) is 14.3 Å². The van der Waals surface area contributed by atoms with Gasteiger partial charge in [-0.2, -0.15) is 0 Å². The molecule has 0 heterocycles. The highest BCUT2D eigenvalue weighted by molar-refractivity contribution is 5.85. The summed E-state index contributed by atoms with van der Waals surface area (Å²) in [7, 11) is 1.31. The second kappa shape index (κ2) is 8.10. The largest absolute Gasteiger partial charge is 0.468 e. The van der Waals surface area contributed by atoms with Crippen LogP contribution in [0.25, 0.3) is 0 Å². The fraction of sp³-hybridized carbons (Fsp3) is 0.818. The molecule has 0 aromatic rings. The fourth-order valence-electron chi connectivity index (χ4n) is 1.43. The lowest BCUT2D eigenvalue weighted by Crippen LogP contribution is -2.46. The van der Waals surface area contributed by atoms with E-state index in [4.69, 9.17) is 5.73 Å². The van der Waals surface area contributed by atoms with Gasteiger partial charge < -0.3 is 15.4 Å². The smallest absolute Gasteiger partial charge is 0.325 e. The van der Waals surface area contributed by atoms with E-state index >= 15 is 0 Å². The number of amides is 1. The second-order valence-corrected chi connectivity index (χ2v) is 3.73. The number of ether oxygens (including phenoxy) is 1. The van der Waals surface area contributed by atoms with Crippen molar-refractivity contribution in [3.8, 4) is 0 Å². The number of carbonyl (C=O) groups excluding carboxylic acids is 2. The quantitative estimate of drug-likeness (QED) is 0.647. The van der Waals surface area contributed by atoms with Crippen molar-refractivity contribution in [2.75, 3.05) is 20.2 Å². The molecular formula is C11H22N2O3. The van der Waals surface area contributed by atoms with E-state index < -0.39 is 12.0 Å². The molecule has 1 amide bonds. The highest BCUT2D eigenvalue weighted by atomic mass is 16.5. The molecule has 5 nitrogen and oxygen atoms in total. The van der Waals surface area contributed by atoms with Gasteiger partial charge in [-0.25, -0.2) is 0 Å². The maximum Gasteiger partial charge on any atom is 0.325 e. The lowest BCUT2D eigenvalue weighted by Gasteiger charge is -2.23. The molecule has 0 fully saturated rings. The molecule has 0 spiro atoms. The van der Waals surface area contributed by atoms with Crippen LogP contribution in [0, 0.1) is 0 Å². The van der Waals surface area contributed by atoms with Gasteiger partial charge in [0.2, 0.25) is 5.91 Å². The van der Waals surface area contributed by atoms with E-state index in [0.29, 0.717) is 13.0 Å². The third-order valence-electron chi connectivity index (χ3n) is 2.27. The van der Waals surface area contributed by atoms with Crippen LogP contribution in [0.3, 0.4) is 0 Å². The zero-order valence-electron chi connectivity index (χ0n) is 10.4. The third-order valence-corrected chi connectivity index (χ3v) is 2.27. The van der Waals surface area contributed by atoms with E-state index in [2.05, 4.69) is 4.74 Å². The zero-order valence-corrected chi connectivity index (χ0v) is 10.4. The molecular weight excluding hydrogens is 208 g/mol. The Kier molecular flexibility index (Phi) is 7.54. The highest BCUT2D eigenvalue weighted by Crippen LogP contribution is 2.01. The Hall–Kier alpha value is -1.10. The van der Waals surface area contributed by atoms with Gasteiger partial charge in [-0.15, -0.1) is 0 Å². The molecule has 0 saturated heterocycles. The predicted molar refractivity (Wildman–Crippen MR) is 61.8 cm³/mol. The molecule has 0 aliphatic heterocycles. The Labute approximate surface area is 96.9 Å². The normalized spacial score (nSPS) is 12.0. The number of carbonyl (C=O) groups is 2. The van der Waals surface area contributed by atoms with Gasteiger partial charge in [0.25, 0.3) is 0 Å². The van der Waals surface area contributed by atoms with Gasteiger partial charge in [0.1, 0.15) is 6.54 Å². The number of nitrogens with zero attached hydrogens (tertiary/aromatic N) is 1. The molecule has 0 unspecified atom stereocenters. The number of nitrogens with two attached hydrogens (primary N) is 1. The summed E-state index contributed by atoms with van der Waals surface area (Å²) in [5.41, 5.74) is 5.73. The minimum Gasteiger partial charge on any atom is -0.468 e. The topological polar surface area (TPSA) is 72.6 Å². The van der Waals surface area contributed by atoms with Crippen molar-refractivity contribution >= 4 is 11.9 Å². The Morgan fingerprint density at radius 3 is 2.38 bits per heavy atom. The Balaban J connectivity index is 4.38. The Morgan fingerprint density at radius 1 is 1.31 bits per heavy atom. The van der Waals surface area contributed by atoms with E-state index in [1.165, 1.54) is 12.0 Å². The van der Waals surface area contributed by atoms with Crippen molar-refractivity contribution in [2.24, 2.45) is 5.73 Å². The summed E-state index contributed by atoms with van der Waals surface area (Å²) in [5.74, 6) is -0.584. The summed E-state index contributed by atoms with van der Waals surface area (Å²) in [6.45, 7) is 4.44. The van der Waals surface area contributed by atoms with Crippen molar-refractivity contribution in [1.29, 1.82) is 0 Å². The predicted octanol–water partition coefficient (Wildman–Crippen LogP) is 0.525. The van der Waals surface area contributed by atoms with Gasteiger partial charge in [-0.3, -0.25) is 9.59 Å². The number of rotatable bonds is 7. The summed E-state index contributed by atoms with van der Waals surface area (Å²) < 4.78 is 4.54. The molecule has 0 rings (SSSR count). The lowest BCUT2D eigenvalue weighted by atomic mass is 10.1. The van der Waals surface area contributed by atoms with Crippen LogP contribution >= 0.6 is 0 Å². The van der Waals surface area contributed by atoms with E-state index in [9.17, 15) is 9.59 Å². The maximum absolute atomic E-state index is 11.9. The average molecular weight is 230 g/mol. The molecule has 94 valence electrons. The monoisotopic (exact) mass is 230 g/mol. The fourth-order valence-corrected chi connectivity index (χ4v) is 1.43. The minimum atomic E-state index is -0.513. The van der Waals surface area contributed by atoms with Crippen LogP contribution < -0.4 is 5.73 Å². The van der Waals surface area contributed by atoms with Crippen molar-refractivity contribution in [2.45, 2.75) is 39.2 Å². The molecule has 0 bridgehead atoms. The number of hydrogen-bond donors (Lipinski definition) is 1. The van der Waals surface area contributed by atoms with Crippen LogP contribution in [0.15, 0.2) is 0 Å². The molecule has 2 N–H and O–H groups in total. The van der Waals surface area contributed by atoms with Crippen molar-refractivity contribution in [1.82, 2.24) is 4.90 Å². The summed E-state index contributed by atoms with van der Waals surface area (Å²) >= 11 is 0. The molecule has 16 heavy (non-hydrogen) atoms. The Bertz CT molecular complexity index is 231. The number of methoxy groups -OCH3 is 1. The first kappa shape index (κ1) is 14.9. The zero-order chi connectivity index (χ0) is 12.6. The molecule has 0 aromatic carbocycles. The minimum absolute atomic E-state index is 0.0133. The van der Waals surface area contributed by atoms with Crippen LogP contribution in [0.1, 0.15) is 33.1 Å². The molecule has 0 aromatic heterocycles.